The van der Waals surface area contributed by atoms with Crippen LogP contribution in [0.15, 0.2) is 41.5 Å². The maximum Gasteiger partial charge on any atom is 0.219 e. The largest absolute Gasteiger partial charge is 0.439 e. The zero-order valence-corrected chi connectivity index (χ0v) is 23.6. The van der Waals surface area contributed by atoms with Crippen LogP contribution in [0.3, 0.4) is 0 Å². The van der Waals surface area contributed by atoms with Crippen molar-refractivity contribution in [2.45, 2.75) is 60.5 Å². The summed E-state index contributed by atoms with van der Waals surface area (Å²) < 4.78 is 7.91. The SMILES string of the molecule is CCNC(=NCc1ccnc(Oc2ccc(C)c(C)c2)c1)NC(C)Cc1c(C)nn(C)c1C.I. The van der Waals surface area contributed by atoms with Crippen LogP contribution in [0.2, 0.25) is 0 Å². The van der Waals surface area contributed by atoms with E-state index in [2.05, 4.69) is 68.3 Å². The Morgan fingerprint density at radius 2 is 1.88 bits per heavy atom. The number of guanidine groups is 1. The Morgan fingerprint density at radius 1 is 1.12 bits per heavy atom. The van der Waals surface area contributed by atoms with E-state index in [1.807, 2.05) is 36.0 Å². The fourth-order valence-electron chi connectivity index (χ4n) is 3.70. The van der Waals surface area contributed by atoms with E-state index in [0.29, 0.717) is 12.4 Å². The second-order valence-electron chi connectivity index (χ2n) is 8.57. The molecular formula is C26H37IN6O. The number of aliphatic imine (C=N–C) groups is 1. The van der Waals surface area contributed by atoms with Crippen LogP contribution in [0.5, 0.6) is 11.6 Å². The summed E-state index contributed by atoms with van der Waals surface area (Å²) in [4.78, 5) is 9.13. The van der Waals surface area contributed by atoms with Gasteiger partial charge in [0.15, 0.2) is 5.96 Å². The van der Waals surface area contributed by atoms with E-state index < -0.39 is 0 Å². The second kappa shape index (κ2) is 12.7. The minimum absolute atomic E-state index is 0. The molecule has 1 atom stereocenters. The van der Waals surface area contributed by atoms with Gasteiger partial charge < -0.3 is 15.4 Å². The van der Waals surface area contributed by atoms with Gasteiger partial charge in [-0.05, 0) is 88.4 Å². The van der Waals surface area contributed by atoms with Gasteiger partial charge in [-0.3, -0.25) is 4.68 Å². The van der Waals surface area contributed by atoms with E-state index in [4.69, 9.17) is 9.73 Å². The van der Waals surface area contributed by atoms with Crippen LogP contribution in [0, 0.1) is 27.7 Å². The molecule has 0 fully saturated rings. The summed E-state index contributed by atoms with van der Waals surface area (Å²) in [5.74, 6) is 2.15. The Hall–Kier alpha value is -2.62. The van der Waals surface area contributed by atoms with E-state index in [0.717, 1.165) is 35.9 Å². The number of aromatic nitrogens is 3. The van der Waals surface area contributed by atoms with Gasteiger partial charge in [0.1, 0.15) is 5.75 Å². The molecule has 0 aliphatic heterocycles. The molecule has 0 aliphatic rings. The number of pyridine rings is 1. The molecule has 0 aliphatic carbocycles. The van der Waals surface area contributed by atoms with Gasteiger partial charge in [-0.15, -0.1) is 24.0 Å². The van der Waals surface area contributed by atoms with Crippen molar-refractivity contribution in [3.05, 3.63) is 70.2 Å². The third-order valence-corrected chi connectivity index (χ3v) is 5.82. The van der Waals surface area contributed by atoms with Gasteiger partial charge in [0, 0.05) is 37.6 Å². The Kier molecular flexibility index (Phi) is 10.3. The highest BCUT2D eigenvalue weighted by Crippen LogP contribution is 2.23. The van der Waals surface area contributed by atoms with Crippen molar-refractivity contribution in [1.29, 1.82) is 0 Å². The monoisotopic (exact) mass is 576 g/mol. The summed E-state index contributed by atoms with van der Waals surface area (Å²) in [5.41, 5.74) is 7.04. The third-order valence-electron chi connectivity index (χ3n) is 5.82. The van der Waals surface area contributed by atoms with Gasteiger partial charge in [0.25, 0.3) is 0 Å². The summed E-state index contributed by atoms with van der Waals surface area (Å²) in [7, 11) is 1.99. The van der Waals surface area contributed by atoms with E-state index in [1.54, 1.807) is 6.20 Å². The normalized spacial score (nSPS) is 12.1. The highest BCUT2D eigenvalue weighted by Gasteiger charge is 2.14. The molecule has 3 rings (SSSR count). The molecule has 1 unspecified atom stereocenters. The number of benzene rings is 1. The van der Waals surface area contributed by atoms with E-state index in [-0.39, 0.29) is 30.0 Å². The molecule has 8 heteroatoms. The van der Waals surface area contributed by atoms with Crippen molar-refractivity contribution in [3.63, 3.8) is 0 Å². The molecule has 184 valence electrons. The predicted octanol–water partition coefficient (Wildman–Crippen LogP) is 5.15. The van der Waals surface area contributed by atoms with Crippen LogP contribution in [0.4, 0.5) is 0 Å². The number of nitrogens with one attached hydrogen (secondary N) is 2. The summed E-state index contributed by atoms with van der Waals surface area (Å²) >= 11 is 0. The minimum atomic E-state index is 0. The van der Waals surface area contributed by atoms with Crippen molar-refractivity contribution in [1.82, 2.24) is 25.4 Å². The summed E-state index contributed by atoms with van der Waals surface area (Å²) in [6.07, 6.45) is 2.65. The molecule has 2 heterocycles. The Balaban J connectivity index is 0.00000408. The number of ether oxygens (including phenoxy) is 1. The highest BCUT2D eigenvalue weighted by molar-refractivity contribution is 14.0. The number of rotatable bonds is 8. The minimum Gasteiger partial charge on any atom is -0.439 e. The first-order chi connectivity index (χ1) is 15.8. The molecule has 0 bridgehead atoms. The lowest BCUT2D eigenvalue weighted by molar-refractivity contribution is 0.461. The maximum atomic E-state index is 5.97. The van der Waals surface area contributed by atoms with Crippen molar-refractivity contribution in [2.75, 3.05) is 6.54 Å². The number of nitrogens with zero attached hydrogens (tertiary/aromatic N) is 4. The first kappa shape index (κ1) is 27.6. The molecule has 7 nitrogen and oxygen atoms in total. The maximum absolute atomic E-state index is 5.97. The molecule has 0 spiro atoms. The van der Waals surface area contributed by atoms with Crippen molar-refractivity contribution >= 4 is 29.9 Å². The molecule has 0 saturated heterocycles. The Labute approximate surface area is 220 Å². The van der Waals surface area contributed by atoms with Gasteiger partial charge in [0.2, 0.25) is 5.88 Å². The molecule has 0 saturated carbocycles. The zero-order valence-electron chi connectivity index (χ0n) is 21.3. The van der Waals surface area contributed by atoms with Gasteiger partial charge >= 0.3 is 0 Å². The smallest absolute Gasteiger partial charge is 0.219 e. The highest BCUT2D eigenvalue weighted by atomic mass is 127. The first-order valence-corrected chi connectivity index (χ1v) is 11.5. The summed E-state index contributed by atoms with van der Waals surface area (Å²) in [5, 5.41) is 11.4. The molecule has 0 amide bonds. The number of hydrogen-bond donors (Lipinski definition) is 2. The summed E-state index contributed by atoms with van der Waals surface area (Å²) in [6, 6.07) is 10.2. The second-order valence-corrected chi connectivity index (χ2v) is 8.57. The average molecular weight is 577 g/mol. The predicted molar refractivity (Wildman–Crippen MR) is 149 cm³/mol. The lowest BCUT2D eigenvalue weighted by Gasteiger charge is -2.18. The van der Waals surface area contributed by atoms with Gasteiger partial charge in [0.05, 0.1) is 12.2 Å². The molecule has 34 heavy (non-hydrogen) atoms. The van der Waals surface area contributed by atoms with Crippen molar-refractivity contribution in [3.8, 4) is 11.6 Å². The molecule has 2 N–H and O–H groups in total. The van der Waals surface area contributed by atoms with Crippen LogP contribution in [-0.4, -0.2) is 33.3 Å². The number of hydrogen-bond acceptors (Lipinski definition) is 4. The van der Waals surface area contributed by atoms with Crippen molar-refractivity contribution in [2.24, 2.45) is 12.0 Å². The van der Waals surface area contributed by atoms with Crippen LogP contribution < -0.4 is 15.4 Å². The van der Waals surface area contributed by atoms with Gasteiger partial charge in [-0.25, -0.2) is 9.98 Å². The topological polar surface area (TPSA) is 76.4 Å². The van der Waals surface area contributed by atoms with E-state index in [1.165, 1.54) is 22.4 Å². The number of aryl methyl sites for hydroxylation is 4. The van der Waals surface area contributed by atoms with Crippen LogP contribution >= 0.6 is 24.0 Å². The lowest BCUT2D eigenvalue weighted by atomic mass is 10.1. The zero-order chi connectivity index (χ0) is 24.0. The molecule has 3 aromatic rings. The summed E-state index contributed by atoms with van der Waals surface area (Å²) in [6.45, 7) is 13.9. The average Bonchev–Trinajstić information content (AvgIpc) is 3.01. The third kappa shape index (κ3) is 7.44. The lowest BCUT2D eigenvalue weighted by Crippen LogP contribution is -2.43. The van der Waals surface area contributed by atoms with Crippen LogP contribution in [-0.2, 0) is 20.0 Å². The number of halogens is 1. The van der Waals surface area contributed by atoms with Crippen LogP contribution in [0.25, 0.3) is 0 Å². The Bertz CT molecular complexity index is 1120. The molecular weight excluding hydrogens is 539 g/mol. The fraction of sp³-hybridized carbons (Fsp3) is 0.423. The first-order valence-electron chi connectivity index (χ1n) is 11.5. The van der Waals surface area contributed by atoms with E-state index >= 15 is 0 Å². The molecule has 1 aromatic carbocycles. The van der Waals surface area contributed by atoms with E-state index in [9.17, 15) is 0 Å². The van der Waals surface area contributed by atoms with Crippen LogP contribution in [0.1, 0.15) is 47.5 Å². The van der Waals surface area contributed by atoms with Crippen molar-refractivity contribution < 1.29 is 4.74 Å². The fourth-order valence-corrected chi connectivity index (χ4v) is 3.70. The molecule has 2 aromatic heterocycles. The quantitative estimate of drug-likeness (QED) is 0.221. The standard InChI is InChI=1S/C26H36N6O.HI/c1-8-27-26(30-19(4)14-24-20(5)31-32(7)21(24)6)29-16-22-11-12-28-25(15-22)33-23-10-9-17(2)18(3)13-23;/h9-13,15,19H,8,14,16H2,1-7H3,(H2,27,29,30);1H. The molecule has 0 radical (unpaired) electrons. The van der Waals surface area contributed by atoms with Gasteiger partial charge in [-0.1, -0.05) is 6.07 Å². The van der Waals surface area contributed by atoms with Gasteiger partial charge in [-0.2, -0.15) is 5.10 Å². The Morgan fingerprint density at radius 3 is 2.53 bits per heavy atom.